The number of benzene rings is 1. The molecule has 0 bridgehead atoms. The maximum Gasteiger partial charge on any atom is 0.213 e. The third-order valence-electron chi connectivity index (χ3n) is 5.27. The maximum atomic E-state index is 5.94. The second-order valence-corrected chi connectivity index (χ2v) is 8.58. The van der Waals surface area contributed by atoms with E-state index in [0.717, 1.165) is 41.0 Å². The highest BCUT2D eigenvalue weighted by molar-refractivity contribution is 7.17. The molecule has 0 radical (unpaired) electrons. The van der Waals surface area contributed by atoms with E-state index in [4.69, 9.17) is 14.2 Å². The SMILES string of the molecule is CCCc1ccc(OCc2ccc3scc(-c4cc(OCCOC)cnc4C)c3c2)nc1. The van der Waals surface area contributed by atoms with Gasteiger partial charge in [0.05, 0.1) is 12.8 Å². The topological polar surface area (TPSA) is 53.5 Å². The number of pyridine rings is 2. The van der Waals surface area contributed by atoms with Gasteiger partial charge in [0.25, 0.3) is 0 Å². The molecular formula is C26H28N2O3S. The third kappa shape index (κ3) is 5.26. The molecule has 0 spiro atoms. The molecule has 4 rings (SSSR count). The predicted octanol–water partition coefficient (Wildman–Crippen LogP) is 6.22. The summed E-state index contributed by atoms with van der Waals surface area (Å²) in [6.45, 7) is 5.72. The van der Waals surface area contributed by atoms with Gasteiger partial charge >= 0.3 is 0 Å². The smallest absolute Gasteiger partial charge is 0.213 e. The van der Waals surface area contributed by atoms with Crippen molar-refractivity contribution in [1.82, 2.24) is 9.97 Å². The standard InChI is InChI=1S/C26H28N2O3S/c1-4-5-19-7-9-26(28-14-19)31-16-20-6-8-25-23(12-20)24(17-32-25)22-13-21(15-27-18(22)2)30-11-10-29-3/h6-9,12-15,17H,4-5,10-11,16H2,1-3H3. The lowest BCUT2D eigenvalue weighted by Crippen LogP contribution is -2.04. The normalized spacial score (nSPS) is 11.1. The van der Waals surface area contributed by atoms with Crippen LogP contribution < -0.4 is 9.47 Å². The van der Waals surface area contributed by atoms with Crippen molar-refractivity contribution in [3.8, 4) is 22.8 Å². The average Bonchev–Trinajstić information content (AvgIpc) is 3.23. The second-order valence-electron chi connectivity index (χ2n) is 7.67. The zero-order chi connectivity index (χ0) is 22.3. The highest BCUT2D eigenvalue weighted by Gasteiger charge is 2.12. The molecular weight excluding hydrogens is 420 g/mol. The van der Waals surface area contributed by atoms with Gasteiger partial charge in [-0.2, -0.15) is 0 Å². The summed E-state index contributed by atoms with van der Waals surface area (Å²) in [4.78, 5) is 8.98. The highest BCUT2D eigenvalue weighted by Crippen LogP contribution is 2.37. The molecule has 3 aromatic heterocycles. The van der Waals surface area contributed by atoms with Crippen LogP contribution in [0.1, 0.15) is 30.2 Å². The Morgan fingerprint density at radius 3 is 2.56 bits per heavy atom. The van der Waals surface area contributed by atoms with Gasteiger partial charge in [0.15, 0.2) is 0 Å². The Hall–Kier alpha value is -2.96. The molecule has 0 amide bonds. The van der Waals surface area contributed by atoms with E-state index < -0.39 is 0 Å². The third-order valence-corrected chi connectivity index (χ3v) is 6.23. The zero-order valence-corrected chi connectivity index (χ0v) is 19.6. The molecule has 3 heterocycles. The van der Waals surface area contributed by atoms with E-state index in [9.17, 15) is 0 Å². The number of rotatable bonds is 10. The van der Waals surface area contributed by atoms with Crippen molar-refractivity contribution in [1.29, 1.82) is 0 Å². The van der Waals surface area contributed by atoms with Gasteiger partial charge < -0.3 is 14.2 Å². The predicted molar refractivity (Wildman–Crippen MR) is 130 cm³/mol. The van der Waals surface area contributed by atoms with Crippen molar-refractivity contribution in [2.45, 2.75) is 33.3 Å². The zero-order valence-electron chi connectivity index (χ0n) is 18.8. The van der Waals surface area contributed by atoms with Gasteiger partial charge in [-0.1, -0.05) is 25.5 Å². The van der Waals surface area contributed by atoms with E-state index >= 15 is 0 Å². The molecule has 0 aliphatic rings. The lowest BCUT2D eigenvalue weighted by Gasteiger charge is -2.10. The molecule has 0 aliphatic carbocycles. The molecule has 0 saturated carbocycles. The Balaban J connectivity index is 1.54. The fourth-order valence-corrected chi connectivity index (χ4v) is 4.51. The Morgan fingerprint density at radius 1 is 0.906 bits per heavy atom. The molecule has 0 fully saturated rings. The lowest BCUT2D eigenvalue weighted by molar-refractivity contribution is 0.146. The average molecular weight is 449 g/mol. The molecule has 0 saturated heterocycles. The van der Waals surface area contributed by atoms with Crippen molar-refractivity contribution in [3.05, 3.63) is 71.0 Å². The summed E-state index contributed by atoms with van der Waals surface area (Å²) in [5.41, 5.74) is 5.56. The molecule has 5 nitrogen and oxygen atoms in total. The summed E-state index contributed by atoms with van der Waals surface area (Å²) < 4.78 is 18.0. The fourth-order valence-electron chi connectivity index (χ4n) is 3.57. The van der Waals surface area contributed by atoms with Crippen LogP contribution in [0.15, 0.2) is 54.2 Å². The van der Waals surface area contributed by atoms with E-state index in [2.05, 4.69) is 52.6 Å². The summed E-state index contributed by atoms with van der Waals surface area (Å²) in [7, 11) is 1.67. The van der Waals surface area contributed by atoms with Crippen LogP contribution in [0.2, 0.25) is 0 Å². The van der Waals surface area contributed by atoms with E-state index in [0.29, 0.717) is 25.7 Å². The Morgan fingerprint density at radius 2 is 1.78 bits per heavy atom. The number of ether oxygens (including phenoxy) is 3. The number of nitrogens with zero attached hydrogens (tertiary/aromatic N) is 2. The van der Waals surface area contributed by atoms with E-state index in [1.807, 2.05) is 19.2 Å². The number of fused-ring (bicyclic) bond motifs is 1. The quantitative estimate of drug-likeness (QED) is 0.269. The van der Waals surface area contributed by atoms with Gasteiger partial charge in [-0.05, 0) is 48.1 Å². The Kier molecular flexibility index (Phi) is 7.35. The number of aryl methyl sites for hydroxylation is 2. The molecule has 6 heteroatoms. The monoisotopic (exact) mass is 448 g/mol. The largest absolute Gasteiger partial charge is 0.490 e. The van der Waals surface area contributed by atoms with E-state index in [1.165, 1.54) is 15.6 Å². The fraction of sp³-hybridized carbons (Fsp3) is 0.308. The molecule has 4 aromatic rings. The van der Waals surface area contributed by atoms with Gasteiger partial charge in [-0.25, -0.2) is 4.98 Å². The van der Waals surface area contributed by atoms with Crippen molar-refractivity contribution in [2.75, 3.05) is 20.3 Å². The van der Waals surface area contributed by atoms with Gasteiger partial charge in [-0.15, -0.1) is 11.3 Å². The van der Waals surface area contributed by atoms with Crippen LogP contribution in [-0.4, -0.2) is 30.3 Å². The van der Waals surface area contributed by atoms with Crippen LogP contribution in [0.5, 0.6) is 11.6 Å². The number of hydrogen-bond acceptors (Lipinski definition) is 6. The molecule has 0 unspecified atom stereocenters. The Labute approximate surface area is 193 Å². The van der Waals surface area contributed by atoms with Crippen molar-refractivity contribution in [2.24, 2.45) is 0 Å². The van der Waals surface area contributed by atoms with Crippen LogP contribution >= 0.6 is 11.3 Å². The first-order valence-corrected chi connectivity index (χ1v) is 11.7. The van der Waals surface area contributed by atoms with Gasteiger partial charge in [0, 0.05) is 46.3 Å². The summed E-state index contributed by atoms with van der Waals surface area (Å²) >= 11 is 1.73. The van der Waals surface area contributed by atoms with Gasteiger partial charge in [0.2, 0.25) is 5.88 Å². The van der Waals surface area contributed by atoms with Gasteiger partial charge in [0.1, 0.15) is 19.0 Å². The maximum absolute atomic E-state index is 5.94. The number of thiophene rings is 1. The first-order valence-electron chi connectivity index (χ1n) is 10.8. The number of hydrogen-bond donors (Lipinski definition) is 0. The number of aromatic nitrogens is 2. The van der Waals surface area contributed by atoms with E-state index in [-0.39, 0.29) is 0 Å². The molecule has 0 N–H and O–H groups in total. The van der Waals surface area contributed by atoms with Crippen molar-refractivity contribution < 1.29 is 14.2 Å². The van der Waals surface area contributed by atoms with Crippen LogP contribution in [0.25, 0.3) is 21.2 Å². The summed E-state index contributed by atoms with van der Waals surface area (Å²) in [6, 6.07) is 12.6. The molecule has 166 valence electrons. The Bertz CT molecular complexity index is 1170. The summed E-state index contributed by atoms with van der Waals surface area (Å²) in [5, 5.41) is 3.38. The first-order chi connectivity index (χ1) is 15.7. The van der Waals surface area contributed by atoms with Crippen LogP contribution in [0.4, 0.5) is 0 Å². The van der Waals surface area contributed by atoms with Crippen LogP contribution in [0, 0.1) is 6.92 Å². The van der Waals surface area contributed by atoms with Crippen LogP contribution in [-0.2, 0) is 17.8 Å². The first kappa shape index (κ1) is 22.2. The highest BCUT2D eigenvalue weighted by atomic mass is 32.1. The molecule has 1 aromatic carbocycles. The second kappa shape index (κ2) is 10.6. The molecule has 0 atom stereocenters. The molecule has 32 heavy (non-hydrogen) atoms. The molecule has 0 aliphatic heterocycles. The van der Waals surface area contributed by atoms with Gasteiger partial charge in [-0.3, -0.25) is 4.98 Å². The minimum absolute atomic E-state index is 0.475. The minimum atomic E-state index is 0.475. The van der Waals surface area contributed by atoms with Crippen molar-refractivity contribution >= 4 is 21.4 Å². The van der Waals surface area contributed by atoms with Crippen LogP contribution in [0.3, 0.4) is 0 Å². The summed E-state index contributed by atoms with van der Waals surface area (Å²) in [5.74, 6) is 1.40. The minimum Gasteiger partial charge on any atom is -0.490 e. The van der Waals surface area contributed by atoms with E-state index in [1.54, 1.807) is 24.6 Å². The lowest BCUT2D eigenvalue weighted by atomic mass is 10.0. The number of methoxy groups -OCH3 is 1. The summed E-state index contributed by atoms with van der Waals surface area (Å²) in [6.07, 6.45) is 5.82. The van der Waals surface area contributed by atoms with Crippen molar-refractivity contribution in [3.63, 3.8) is 0 Å².